The number of carbonyl (C=O) groups excluding carboxylic acids is 3. The van der Waals surface area contributed by atoms with Crippen LogP contribution in [0.2, 0.25) is 0 Å². The first-order valence-electron chi connectivity index (χ1n) is 18.3. The minimum absolute atomic E-state index is 0.801. The molecule has 30 nitrogen and oxygen atoms in total. The number of nitrogens with one attached hydrogen (secondary N) is 3. The Morgan fingerprint density at radius 2 is 1.21 bits per heavy atom. The van der Waals surface area contributed by atoms with Crippen LogP contribution < -0.4 is 16.0 Å². The second kappa shape index (κ2) is 23.1. The van der Waals surface area contributed by atoms with Crippen molar-refractivity contribution in [2.75, 3.05) is 33.0 Å². The number of hydrogen-bond acceptors (Lipinski definition) is 25. The summed E-state index contributed by atoms with van der Waals surface area (Å²) in [4.78, 5) is 36.4. The molecule has 3 fully saturated rings. The zero-order valence-electron chi connectivity index (χ0n) is 32.8. The second-order valence-corrected chi connectivity index (χ2v) is 16.3. The number of aliphatic hydroxyl groups is 10. The summed E-state index contributed by atoms with van der Waals surface area (Å²) < 4.78 is 105. The first kappa shape index (κ1) is 53.8. The van der Waals surface area contributed by atoms with Crippen LogP contribution in [0.15, 0.2) is 0 Å². The molecule has 3 aliphatic rings. The molecule has 19 atom stereocenters. The highest BCUT2D eigenvalue weighted by atomic mass is 32.3. The summed E-state index contributed by atoms with van der Waals surface area (Å²) in [5.41, 5.74) is 0. The minimum atomic E-state index is -5.36. The highest BCUT2D eigenvalue weighted by Gasteiger charge is 2.54. The minimum Gasteiger partial charge on any atom is -0.394 e. The molecular weight excluding hydrogens is 898 g/mol. The summed E-state index contributed by atoms with van der Waals surface area (Å²) in [7, 11) is -10.4. The molecular formula is C30H53N3O27S2. The molecule has 3 heterocycles. The van der Waals surface area contributed by atoms with Gasteiger partial charge in [-0.3, -0.25) is 23.5 Å². The highest BCUT2D eigenvalue weighted by Crippen LogP contribution is 2.32. The van der Waals surface area contributed by atoms with E-state index in [0.29, 0.717) is 0 Å². The molecule has 32 heteroatoms. The summed E-state index contributed by atoms with van der Waals surface area (Å²) in [6.45, 7) is -2.41. The third kappa shape index (κ3) is 14.8. The summed E-state index contributed by atoms with van der Waals surface area (Å²) >= 11 is 0. The van der Waals surface area contributed by atoms with E-state index in [9.17, 15) is 86.8 Å². The largest absolute Gasteiger partial charge is 0.397 e. The molecule has 3 aliphatic heterocycles. The Morgan fingerprint density at radius 1 is 0.661 bits per heavy atom. The standard InChI is InChI=1S/C30H53N3O27S2/c1-9(37)31-12(4-34)25(19(41)13(40)7-53-28-17(32-10(2)38)22(44)20(42)16(57-28)8-54-61(47,48)49)58-29-18(33-11(3)39)23(45)26(15(6-36)56-29)59-30-24(46)27(60-62(50,51)52)21(43)14(5-35)55-30/h12-30,34-36,40-46H,4-8H2,1-3H3,(H,31,37)(H,32,38)(H,33,39)(H,47,48,49)(H,50,51,52)/t12-,13+,14+,15+,16+,17+,18+,19-,20+,21-,22+,23+,24+,25+,26+,27-,28+,29-,30-/m0/s1. The topological polar surface area (TPSA) is 472 Å². The maximum absolute atomic E-state index is 12.4. The van der Waals surface area contributed by atoms with E-state index >= 15 is 0 Å². The van der Waals surface area contributed by atoms with Gasteiger partial charge >= 0.3 is 20.8 Å². The fraction of sp³-hybridized carbons (Fsp3) is 0.900. The molecule has 0 aromatic carbocycles. The van der Waals surface area contributed by atoms with Gasteiger partial charge in [-0.2, -0.15) is 16.8 Å². The van der Waals surface area contributed by atoms with Crippen molar-refractivity contribution in [1.29, 1.82) is 0 Å². The Bertz CT molecular complexity index is 1700. The molecule has 3 rings (SSSR count). The van der Waals surface area contributed by atoms with Crippen LogP contribution in [0.5, 0.6) is 0 Å². The first-order valence-corrected chi connectivity index (χ1v) is 21.0. The molecule has 62 heavy (non-hydrogen) atoms. The van der Waals surface area contributed by atoms with Gasteiger partial charge in [0.25, 0.3) is 0 Å². The van der Waals surface area contributed by atoms with Crippen molar-refractivity contribution in [2.24, 2.45) is 0 Å². The molecule has 15 N–H and O–H groups in total. The SMILES string of the molecule is CC(=O)N[C@H]1[C@H](O[C@@H]([C@@H](O)[C@H](O)CO[C@@H]2O[C@H](COS(=O)(=O)O)[C@@H](O)[C@H](O)[C@H]2NC(C)=O)[C@H](CO)NC(C)=O)O[C@H](CO)[C@@H](O[C@@H]2O[C@H](CO)[C@H](O)[C@H](OS(=O)(=O)O)[C@H]2O)[C@@H]1O. The van der Waals surface area contributed by atoms with Gasteiger partial charge in [0.15, 0.2) is 18.9 Å². The van der Waals surface area contributed by atoms with E-state index < -0.39 is 188 Å². The predicted octanol–water partition coefficient (Wildman–Crippen LogP) is -10.0. The number of ether oxygens (including phenoxy) is 6. The van der Waals surface area contributed by atoms with Crippen LogP contribution in [-0.2, 0) is 72.0 Å². The smallest absolute Gasteiger partial charge is 0.394 e. The van der Waals surface area contributed by atoms with Gasteiger partial charge in [-0.05, 0) is 0 Å². The van der Waals surface area contributed by atoms with Crippen LogP contribution >= 0.6 is 0 Å². The average molecular weight is 952 g/mol. The summed E-state index contributed by atoms with van der Waals surface area (Å²) in [5, 5.41) is 113. The summed E-state index contributed by atoms with van der Waals surface area (Å²) in [6.07, 6.45) is -32.4. The van der Waals surface area contributed by atoms with Gasteiger partial charge in [0.05, 0.1) is 39.1 Å². The number of carbonyl (C=O) groups is 3. The molecule has 3 saturated heterocycles. The van der Waals surface area contributed by atoms with Crippen molar-refractivity contribution in [3.05, 3.63) is 0 Å². The molecule has 0 radical (unpaired) electrons. The average Bonchev–Trinajstić information content (AvgIpc) is 3.17. The fourth-order valence-corrected chi connectivity index (χ4v) is 7.45. The van der Waals surface area contributed by atoms with Crippen LogP contribution in [0.3, 0.4) is 0 Å². The molecule has 3 amide bonds. The van der Waals surface area contributed by atoms with Gasteiger partial charge in [0.2, 0.25) is 17.7 Å². The Hall–Kier alpha value is -2.49. The quantitative estimate of drug-likeness (QED) is 0.0475. The van der Waals surface area contributed by atoms with Gasteiger partial charge in [-0.25, -0.2) is 8.37 Å². The molecule has 0 spiro atoms. The Morgan fingerprint density at radius 3 is 1.71 bits per heavy atom. The lowest BCUT2D eigenvalue weighted by Gasteiger charge is -2.48. The Balaban J connectivity index is 1.92. The lowest BCUT2D eigenvalue weighted by Crippen LogP contribution is -2.69. The fourth-order valence-electron chi connectivity index (χ4n) is 6.64. The van der Waals surface area contributed by atoms with Crippen LogP contribution in [0, 0.1) is 0 Å². The molecule has 0 saturated carbocycles. The highest BCUT2D eigenvalue weighted by molar-refractivity contribution is 7.81. The molecule has 0 unspecified atom stereocenters. The van der Waals surface area contributed by atoms with E-state index in [4.69, 9.17) is 33.0 Å². The lowest BCUT2D eigenvalue weighted by molar-refractivity contribution is -0.352. The summed E-state index contributed by atoms with van der Waals surface area (Å²) in [6, 6.07) is -5.15. The van der Waals surface area contributed by atoms with Crippen molar-refractivity contribution in [1.82, 2.24) is 16.0 Å². The van der Waals surface area contributed by atoms with E-state index in [-0.39, 0.29) is 0 Å². The Kier molecular flexibility index (Phi) is 20.1. The zero-order valence-corrected chi connectivity index (χ0v) is 34.4. The molecule has 0 aromatic rings. The van der Waals surface area contributed by atoms with Crippen LogP contribution in [0.4, 0.5) is 0 Å². The van der Waals surface area contributed by atoms with Crippen LogP contribution in [0.1, 0.15) is 20.8 Å². The van der Waals surface area contributed by atoms with E-state index in [1.807, 2.05) is 0 Å². The number of rotatable bonds is 21. The first-order chi connectivity index (χ1) is 28.7. The van der Waals surface area contributed by atoms with E-state index in [1.54, 1.807) is 0 Å². The van der Waals surface area contributed by atoms with Crippen LogP contribution in [0.25, 0.3) is 0 Å². The van der Waals surface area contributed by atoms with Crippen LogP contribution in [-0.4, -0.2) is 244 Å². The van der Waals surface area contributed by atoms with E-state index in [1.165, 1.54) is 0 Å². The molecule has 0 bridgehead atoms. The van der Waals surface area contributed by atoms with Crippen molar-refractivity contribution in [3.63, 3.8) is 0 Å². The second-order valence-electron chi connectivity index (χ2n) is 14.2. The van der Waals surface area contributed by atoms with Gasteiger partial charge in [0, 0.05) is 20.8 Å². The molecule has 362 valence electrons. The monoisotopic (exact) mass is 951 g/mol. The maximum Gasteiger partial charge on any atom is 0.397 e. The molecule has 0 aromatic heterocycles. The van der Waals surface area contributed by atoms with Crippen molar-refractivity contribution in [3.8, 4) is 0 Å². The van der Waals surface area contributed by atoms with Gasteiger partial charge < -0.3 is 95.4 Å². The van der Waals surface area contributed by atoms with E-state index in [2.05, 4.69) is 24.3 Å². The van der Waals surface area contributed by atoms with Crippen molar-refractivity contribution >= 4 is 38.5 Å². The van der Waals surface area contributed by atoms with E-state index in [0.717, 1.165) is 20.8 Å². The normalized spacial score (nSPS) is 36.5. The third-order valence-corrected chi connectivity index (χ3v) is 10.4. The number of hydrogen-bond donors (Lipinski definition) is 15. The summed E-state index contributed by atoms with van der Waals surface area (Å²) in [5.74, 6) is -2.54. The maximum atomic E-state index is 12.4. The Labute approximate surface area is 352 Å². The van der Waals surface area contributed by atoms with Gasteiger partial charge in [-0.15, -0.1) is 0 Å². The van der Waals surface area contributed by atoms with Gasteiger partial charge in [0.1, 0.15) is 91.4 Å². The predicted molar refractivity (Wildman–Crippen MR) is 192 cm³/mol. The van der Waals surface area contributed by atoms with Crippen molar-refractivity contribution < 1.29 is 128 Å². The third-order valence-electron chi connectivity index (χ3n) is 9.46. The number of aliphatic hydroxyl groups excluding tert-OH is 10. The molecule has 0 aliphatic carbocycles. The van der Waals surface area contributed by atoms with Gasteiger partial charge in [-0.1, -0.05) is 0 Å². The van der Waals surface area contributed by atoms with Crippen molar-refractivity contribution in [2.45, 2.75) is 137 Å². The zero-order chi connectivity index (χ0) is 47.0. The number of amides is 3. The lowest BCUT2D eigenvalue weighted by atomic mass is 9.94.